The summed E-state index contributed by atoms with van der Waals surface area (Å²) in [6, 6.07) is 13.3. The van der Waals surface area contributed by atoms with Gasteiger partial charge in [-0.3, -0.25) is 0 Å². The standard InChI is InChI=1S/C13H21NOSi/c14-9-6-12-16(11-5-4-10-15-16)13-7-2-1-3-8-13/h1-3,7-8H,4-6,9-12,14H2. The van der Waals surface area contributed by atoms with Crippen LogP contribution >= 0.6 is 0 Å². The molecule has 2 N–H and O–H groups in total. The molecule has 1 fully saturated rings. The van der Waals surface area contributed by atoms with Crippen LogP contribution < -0.4 is 10.9 Å². The largest absolute Gasteiger partial charge is 0.412 e. The number of hydrogen-bond donors (Lipinski definition) is 1. The number of rotatable bonds is 4. The van der Waals surface area contributed by atoms with Crippen LogP contribution in [0.1, 0.15) is 19.3 Å². The van der Waals surface area contributed by atoms with Crippen molar-refractivity contribution in [3.05, 3.63) is 30.3 Å². The summed E-state index contributed by atoms with van der Waals surface area (Å²) in [5.74, 6) is 0. The number of hydrogen-bond acceptors (Lipinski definition) is 2. The van der Waals surface area contributed by atoms with Gasteiger partial charge in [-0.25, -0.2) is 0 Å². The third-order valence-electron chi connectivity index (χ3n) is 3.44. The summed E-state index contributed by atoms with van der Waals surface area (Å²) in [5, 5.41) is 1.46. The van der Waals surface area contributed by atoms with Crippen molar-refractivity contribution in [2.75, 3.05) is 13.2 Å². The molecule has 2 rings (SSSR count). The molecule has 0 bridgehead atoms. The van der Waals surface area contributed by atoms with Gasteiger partial charge in [0.05, 0.1) is 0 Å². The van der Waals surface area contributed by atoms with E-state index in [0.29, 0.717) is 0 Å². The predicted octanol–water partition coefficient (Wildman–Crippen LogP) is 2.00. The van der Waals surface area contributed by atoms with E-state index in [1.54, 1.807) is 0 Å². The lowest BCUT2D eigenvalue weighted by atomic mass is 10.3. The SMILES string of the molecule is NCCC[Si]1(c2ccccc2)CCCCO1. The van der Waals surface area contributed by atoms with Crippen LogP contribution in [0.15, 0.2) is 30.3 Å². The minimum absolute atomic E-state index is 0.783. The average Bonchev–Trinajstić information content (AvgIpc) is 2.38. The summed E-state index contributed by atoms with van der Waals surface area (Å²) >= 11 is 0. The summed E-state index contributed by atoms with van der Waals surface area (Å²) in [6.45, 7) is 1.73. The van der Waals surface area contributed by atoms with Gasteiger partial charge in [0.2, 0.25) is 8.32 Å². The molecule has 0 aromatic heterocycles. The third kappa shape index (κ3) is 2.54. The molecule has 3 heteroatoms. The molecule has 0 saturated carbocycles. The highest BCUT2D eigenvalue weighted by molar-refractivity contribution is 6.86. The Balaban J connectivity index is 2.19. The van der Waals surface area contributed by atoms with Gasteiger partial charge < -0.3 is 10.2 Å². The summed E-state index contributed by atoms with van der Waals surface area (Å²) < 4.78 is 6.24. The second kappa shape index (κ2) is 5.62. The molecule has 1 aromatic rings. The van der Waals surface area contributed by atoms with Gasteiger partial charge in [-0.15, -0.1) is 0 Å². The Hall–Kier alpha value is -0.643. The zero-order valence-electron chi connectivity index (χ0n) is 9.82. The van der Waals surface area contributed by atoms with Crippen LogP contribution in [0.3, 0.4) is 0 Å². The van der Waals surface area contributed by atoms with E-state index in [1.807, 2.05) is 0 Å². The van der Waals surface area contributed by atoms with Crippen molar-refractivity contribution >= 4 is 13.5 Å². The Kier molecular flexibility index (Phi) is 4.15. The Bertz CT molecular complexity index is 309. The minimum atomic E-state index is -1.66. The van der Waals surface area contributed by atoms with Crippen LogP contribution in [0, 0.1) is 0 Å². The van der Waals surface area contributed by atoms with Crippen molar-refractivity contribution in [2.24, 2.45) is 5.73 Å². The Labute approximate surface area is 98.9 Å². The van der Waals surface area contributed by atoms with Crippen LogP contribution in [-0.2, 0) is 4.43 Å². The van der Waals surface area contributed by atoms with Crippen molar-refractivity contribution in [3.63, 3.8) is 0 Å². The van der Waals surface area contributed by atoms with Crippen LogP contribution in [0.25, 0.3) is 0 Å². The first kappa shape index (κ1) is 11.8. The lowest BCUT2D eigenvalue weighted by Gasteiger charge is -2.35. The van der Waals surface area contributed by atoms with Crippen molar-refractivity contribution in [1.82, 2.24) is 0 Å². The first-order valence-electron chi connectivity index (χ1n) is 6.27. The molecule has 1 unspecified atom stereocenters. The summed E-state index contributed by atoms with van der Waals surface area (Å²) in [7, 11) is -1.66. The van der Waals surface area contributed by atoms with E-state index < -0.39 is 8.32 Å². The van der Waals surface area contributed by atoms with Gasteiger partial charge in [0, 0.05) is 6.61 Å². The Morgan fingerprint density at radius 3 is 2.62 bits per heavy atom. The van der Waals surface area contributed by atoms with E-state index in [2.05, 4.69) is 30.3 Å². The first-order valence-corrected chi connectivity index (χ1v) is 8.59. The number of nitrogens with two attached hydrogens (primary N) is 1. The molecule has 0 radical (unpaired) electrons. The van der Waals surface area contributed by atoms with Gasteiger partial charge in [0.25, 0.3) is 0 Å². The van der Waals surface area contributed by atoms with Gasteiger partial charge in [-0.2, -0.15) is 0 Å². The van der Waals surface area contributed by atoms with Crippen molar-refractivity contribution in [1.29, 1.82) is 0 Å². The molecular weight excluding hydrogens is 214 g/mol. The third-order valence-corrected chi connectivity index (χ3v) is 7.90. The predicted molar refractivity (Wildman–Crippen MR) is 70.3 cm³/mol. The Morgan fingerprint density at radius 2 is 2.00 bits per heavy atom. The van der Waals surface area contributed by atoms with Gasteiger partial charge in [0.15, 0.2) is 0 Å². The maximum absolute atomic E-state index is 6.24. The van der Waals surface area contributed by atoms with Crippen molar-refractivity contribution in [3.8, 4) is 0 Å². The Morgan fingerprint density at radius 1 is 1.19 bits per heavy atom. The zero-order chi connectivity index (χ0) is 11.3. The minimum Gasteiger partial charge on any atom is -0.412 e. The van der Waals surface area contributed by atoms with E-state index in [-0.39, 0.29) is 0 Å². The number of benzene rings is 1. The van der Waals surface area contributed by atoms with Gasteiger partial charge in [-0.05, 0) is 36.7 Å². The van der Waals surface area contributed by atoms with Crippen LogP contribution in [-0.4, -0.2) is 21.5 Å². The van der Waals surface area contributed by atoms with Gasteiger partial charge in [0.1, 0.15) is 0 Å². The molecule has 1 saturated heterocycles. The monoisotopic (exact) mass is 235 g/mol. The fourth-order valence-electron chi connectivity index (χ4n) is 2.55. The fraction of sp³-hybridized carbons (Fsp3) is 0.538. The summed E-state index contributed by atoms with van der Waals surface area (Å²) in [4.78, 5) is 0. The van der Waals surface area contributed by atoms with Crippen LogP contribution in [0.5, 0.6) is 0 Å². The smallest absolute Gasteiger partial charge is 0.224 e. The molecule has 0 spiro atoms. The highest BCUT2D eigenvalue weighted by atomic mass is 28.4. The van der Waals surface area contributed by atoms with Crippen molar-refractivity contribution < 1.29 is 4.43 Å². The van der Waals surface area contributed by atoms with E-state index in [4.69, 9.17) is 10.2 Å². The summed E-state index contributed by atoms with van der Waals surface area (Å²) in [5.41, 5.74) is 5.65. The normalized spacial score (nSPS) is 25.6. The van der Waals surface area contributed by atoms with E-state index >= 15 is 0 Å². The topological polar surface area (TPSA) is 35.2 Å². The molecule has 1 heterocycles. The van der Waals surface area contributed by atoms with E-state index in [0.717, 1.165) is 19.6 Å². The van der Waals surface area contributed by atoms with E-state index in [1.165, 1.54) is 30.1 Å². The molecule has 1 atom stereocenters. The molecule has 16 heavy (non-hydrogen) atoms. The first-order chi connectivity index (χ1) is 7.87. The fourth-order valence-corrected chi connectivity index (χ4v) is 6.77. The lowest BCUT2D eigenvalue weighted by molar-refractivity contribution is 0.274. The highest BCUT2D eigenvalue weighted by Crippen LogP contribution is 2.26. The van der Waals surface area contributed by atoms with Crippen LogP contribution in [0.2, 0.25) is 12.1 Å². The maximum atomic E-state index is 6.24. The average molecular weight is 235 g/mol. The van der Waals surface area contributed by atoms with Crippen LogP contribution in [0.4, 0.5) is 0 Å². The van der Waals surface area contributed by atoms with Gasteiger partial charge in [-0.1, -0.05) is 36.8 Å². The lowest BCUT2D eigenvalue weighted by Crippen LogP contribution is -2.52. The summed E-state index contributed by atoms with van der Waals surface area (Å²) in [6.07, 6.45) is 3.65. The molecule has 1 aliphatic heterocycles. The molecule has 2 nitrogen and oxygen atoms in total. The maximum Gasteiger partial charge on any atom is 0.224 e. The van der Waals surface area contributed by atoms with E-state index in [9.17, 15) is 0 Å². The molecule has 0 amide bonds. The van der Waals surface area contributed by atoms with Crippen molar-refractivity contribution in [2.45, 2.75) is 31.4 Å². The quantitative estimate of drug-likeness (QED) is 0.810. The molecule has 1 aliphatic rings. The highest BCUT2D eigenvalue weighted by Gasteiger charge is 2.37. The van der Waals surface area contributed by atoms with Gasteiger partial charge >= 0.3 is 0 Å². The molecule has 1 aromatic carbocycles. The zero-order valence-corrected chi connectivity index (χ0v) is 10.8. The molecular formula is C13H21NOSi. The molecule has 88 valence electrons. The second-order valence-corrected chi connectivity index (χ2v) is 8.41. The second-order valence-electron chi connectivity index (χ2n) is 4.56. The molecule has 0 aliphatic carbocycles.